The van der Waals surface area contributed by atoms with Gasteiger partial charge in [0.15, 0.2) is 0 Å². The third kappa shape index (κ3) is 7.87. The number of anilines is 1. The number of methoxy groups -OCH3 is 2. The summed E-state index contributed by atoms with van der Waals surface area (Å²) in [6.45, 7) is 6.78. The molecule has 0 spiro atoms. The van der Waals surface area contributed by atoms with Gasteiger partial charge in [0.25, 0.3) is 11.5 Å². The molecule has 238 valence electrons. The van der Waals surface area contributed by atoms with Crippen molar-refractivity contribution in [3.63, 3.8) is 0 Å². The summed E-state index contributed by atoms with van der Waals surface area (Å²) >= 11 is 18.9. The van der Waals surface area contributed by atoms with E-state index in [2.05, 4.69) is 0 Å². The van der Waals surface area contributed by atoms with Gasteiger partial charge in [0.05, 0.1) is 22.8 Å². The van der Waals surface area contributed by atoms with Crippen LogP contribution in [-0.2, 0) is 28.0 Å². The Labute approximate surface area is 273 Å². The molecular formula is C30H32Cl3F2N3O5S. The molecule has 3 aromatic rings. The Hall–Kier alpha value is -2.83. The lowest BCUT2D eigenvalue weighted by Gasteiger charge is -2.21. The van der Waals surface area contributed by atoms with Gasteiger partial charge in [-0.05, 0) is 65.9 Å². The topological polar surface area (TPSA) is 91.9 Å². The zero-order valence-corrected chi connectivity index (χ0v) is 27.8. The summed E-state index contributed by atoms with van der Waals surface area (Å²) in [5.74, 6) is -0.272. The second-order valence-electron chi connectivity index (χ2n) is 9.46. The maximum absolute atomic E-state index is 14.1. The van der Waals surface area contributed by atoms with Crippen molar-refractivity contribution in [2.75, 3.05) is 32.3 Å². The van der Waals surface area contributed by atoms with Crippen LogP contribution in [-0.4, -0.2) is 49.6 Å². The van der Waals surface area contributed by atoms with Crippen LogP contribution < -0.4 is 15.2 Å². The minimum Gasteiger partial charge on any atom is -0.495 e. The molecule has 1 aromatic heterocycles. The molecule has 0 saturated heterocycles. The van der Waals surface area contributed by atoms with Gasteiger partial charge < -0.3 is 24.3 Å². The number of carbonyl (C=O) groups excluding carboxylic acids is 2. The molecule has 0 bridgehead atoms. The minimum atomic E-state index is -3.90. The molecule has 1 aliphatic heterocycles. The summed E-state index contributed by atoms with van der Waals surface area (Å²) in [6, 6.07) is 7.70. The predicted molar refractivity (Wildman–Crippen MR) is 170 cm³/mol. The number of hydrogen-bond acceptors (Lipinski definition) is 6. The largest absolute Gasteiger partial charge is 0.495 e. The first-order valence-corrected chi connectivity index (χ1v) is 15.5. The Morgan fingerprint density at radius 1 is 1.16 bits per heavy atom. The number of rotatable bonds is 11. The Bertz CT molecular complexity index is 1580. The van der Waals surface area contributed by atoms with Gasteiger partial charge in [-0.1, -0.05) is 54.9 Å². The molecule has 0 fully saturated rings. The van der Waals surface area contributed by atoms with Gasteiger partial charge in [0.2, 0.25) is 6.41 Å². The molecule has 1 aliphatic rings. The summed E-state index contributed by atoms with van der Waals surface area (Å²) in [4.78, 5) is 44.0. The second-order valence-corrected chi connectivity index (χ2v) is 11.8. The van der Waals surface area contributed by atoms with Crippen LogP contribution in [0.3, 0.4) is 0 Å². The Kier molecular flexibility index (Phi) is 12.5. The molecule has 2 heterocycles. The van der Waals surface area contributed by atoms with E-state index < -0.39 is 22.5 Å². The first kappa shape index (κ1) is 35.6. The van der Waals surface area contributed by atoms with Crippen LogP contribution >= 0.6 is 46.6 Å². The number of alkyl halides is 3. The van der Waals surface area contributed by atoms with Gasteiger partial charge in [-0.2, -0.15) is 8.78 Å². The minimum absolute atomic E-state index is 0.0898. The molecular weight excluding hydrogens is 659 g/mol. The first-order chi connectivity index (χ1) is 20.9. The van der Waals surface area contributed by atoms with Crippen LogP contribution in [0.25, 0.3) is 0 Å². The highest BCUT2D eigenvalue weighted by molar-refractivity contribution is 7.99. The molecule has 2 aromatic carbocycles. The van der Waals surface area contributed by atoms with E-state index in [-0.39, 0.29) is 33.6 Å². The van der Waals surface area contributed by atoms with Gasteiger partial charge in [-0.3, -0.25) is 14.4 Å². The van der Waals surface area contributed by atoms with E-state index in [1.165, 1.54) is 16.9 Å². The number of fused-ring (bicyclic) bond motifs is 1. The maximum Gasteiger partial charge on any atom is 0.362 e. The van der Waals surface area contributed by atoms with Gasteiger partial charge in [0, 0.05) is 43.1 Å². The molecule has 1 N–H and O–H groups in total. The molecule has 0 radical (unpaired) electrons. The number of nitrogens with zero attached hydrogens (tertiary/aromatic N) is 2. The number of aromatic nitrogens is 1. The van der Waals surface area contributed by atoms with Crippen LogP contribution in [0.1, 0.15) is 53.0 Å². The average Bonchev–Trinajstić information content (AvgIpc) is 3.42. The fourth-order valence-corrected chi connectivity index (χ4v) is 6.32. The van der Waals surface area contributed by atoms with E-state index in [4.69, 9.17) is 44.3 Å². The smallest absolute Gasteiger partial charge is 0.362 e. The summed E-state index contributed by atoms with van der Waals surface area (Å²) in [5, 5.41) is -3.43. The Morgan fingerprint density at radius 2 is 1.82 bits per heavy atom. The predicted octanol–water partition coefficient (Wildman–Crippen LogP) is 7.62. The zero-order valence-electron chi connectivity index (χ0n) is 24.7. The molecule has 8 nitrogen and oxygen atoms in total. The second kappa shape index (κ2) is 15.4. The van der Waals surface area contributed by atoms with E-state index in [9.17, 15) is 23.2 Å². The number of carbonyl (C=O) groups is 2. The van der Waals surface area contributed by atoms with Gasteiger partial charge in [-0.15, -0.1) is 0 Å². The molecule has 0 saturated carbocycles. The van der Waals surface area contributed by atoms with Crippen LogP contribution in [0.15, 0.2) is 44.9 Å². The van der Waals surface area contributed by atoms with Crippen molar-refractivity contribution in [1.29, 1.82) is 0 Å². The molecule has 14 heteroatoms. The van der Waals surface area contributed by atoms with Crippen LogP contribution in [0.2, 0.25) is 10.0 Å². The molecule has 0 aliphatic carbocycles. The molecule has 44 heavy (non-hydrogen) atoms. The van der Waals surface area contributed by atoms with E-state index in [1.807, 2.05) is 18.8 Å². The number of nitrogens with one attached hydrogen (secondary N) is 1. The van der Waals surface area contributed by atoms with Crippen molar-refractivity contribution >= 4 is 64.6 Å². The van der Waals surface area contributed by atoms with Crippen molar-refractivity contribution in [3.8, 4) is 5.75 Å². The van der Waals surface area contributed by atoms with Crippen molar-refractivity contribution < 1.29 is 27.8 Å². The quantitative estimate of drug-likeness (QED) is 0.127. The average molecular weight is 691 g/mol. The number of hydrogen-bond donors (Lipinski definition) is 1. The fraction of sp³-hybridized carbons (Fsp3) is 0.367. The van der Waals surface area contributed by atoms with Gasteiger partial charge in [0.1, 0.15) is 17.0 Å². The number of H-pyrrole nitrogens is 1. The van der Waals surface area contributed by atoms with Crippen molar-refractivity contribution in [2.24, 2.45) is 0 Å². The number of pyridine rings is 1. The van der Waals surface area contributed by atoms with Crippen molar-refractivity contribution in [1.82, 2.24) is 9.88 Å². The highest BCUT2D eigenvalue weighted by atomic mass is 35.5. The number of ether oxygens (including phenoxy) is 2. The Morgan fingerprint density at radius 3 is 2.41 bits per heavy atom. The summed E-state index contributed by atoms with van der Waals surface area (Å²) < 4.78 is 38.8. The standard InChI is InChI=1S/C28H26Cl3F2N3O5S.C2H6/c1-15-5-6-18(29)25(24(15)30)42-21-11-22(28(31,32)33)34-26(38)23(21)27(39)36-12-16-9-19(20(41-3)10-17(16)13-36)35(14-37)7-4-8-40-2;1-2/h5-6,9-11,14H,4,7-8,12-13H2,1-3H3,(H,34,38);1-2H3. The lowest BCUT2D eigenvalue weighted by molar-refractivity contribution is -0.107. The Balaban J connectivity index is 0.00000259. The number of amides is 2. The molecule has 2 amide bonds. The number of benzene rings is 2. The molecule has 4 rings (SSSR count). The number of aromatic amines is 1. The van der Waals surface area contributed by atoms with E-state index in [0.29, 0.717) is 47.9 Å². The van der Waals surface area contributed by atoms with Crippen molar-refractivity contribution in [2.45, 2.75) is 55.5 Å². The lowest BCUT2D eigenvalue weighted by atomic mass is 10.1. The first-order valence-electron chi connectivity index (χ1n) is 13.6. The van der Waals surface area contributed by atoms with E-state index >= 15 is 0 Å². The normalized spacial score (nSPS) is 12.4. The number of aryl methyl sites for hydroxylation is 1. The van der Waals surface area contributed by atoms with E-state index in [1.54, 1.807) is 38.3 Å². The summed E-state index contributed by atoms with van der Waals surface area (Å²) in [7, 11) is 3.04. The lowest BCUT2D eigenvalue weighted by Crippen LogP contribution is -2.32. The third-order valence-electron chi connectivity index (χ3n) is 6.67. The van der Waals surface area contributed by atoms with Crippen LogP contribution in [0, 0.1) is 6.92 Å². The van der Waals surface area contributed by atoms with Crippen molar-refractivity contribution in [3.05, 3.63) is 78.7 Å². The summed E-state index contributed by atoms with van der Waals surface area (Å²) in [5.41, 5.74) is 0.364. The molecule has 0 unspecified atom stereocenters. The maximum atomic E-state index is 14.1. The van der Waals surface area contributed by atoms with Gasteiger partial charge >= 0.3 is 5.38 Å². The van der Waals surface area contributed by atoms with Gasteiger partial charge in [-0.25, -0.2) is 0 Å². The third-order valence-corrected chi connectivity index (χ3v) is 9.07. The molecule has 0 atom stereocenters. The fourth-order valence-electron chi connectivity index (χ4n) is 4.52. The number of halogens is 5. The highest BCUT2D eigenvalue weighted by Crippen LogP contribution is 2.43. The van der Waals surface area contributed by atoms with E-state index in [0.717, 1.165) is 29.0 Å². The van der Waals surface area contributed by atoms with Crippen LogP contribution in [0.5, 0.6) is 5.75 Å². The monoisotopic (exact) mass is 689 g/mol. The zero-order chi connectivity index (χ0) is 32.8. The highest BCUT2D eigenvalue weighted by Gasteiger charge is 2.35. The van der Waals surface area contributed by atoms with Crippen LogP contribution in [0.4, 0.5) is 14.5 Å². The SMILES string of the molecule is CC.COCCCN(C=O)c1cc2c(cc1OC)CN(C(=O)c1c(Sc3c(Cl)ccc(C)c3Cl)cc(C(F)(F)Cl)[nH]c1=O)C2. The summed E-state index contributed by atoms with van der Waals surface area (Å²) in [6.07, 6.45) is 1.28.